The van der Waals surface area contributed by atoms with Gasteiger partial charge in [0.1, 0.15) is 11.6 Å². The molecule has 3 N–H and O–H groups in total. The fourth-order valence-electron chi connectivity index (χ4n) is 5.44. The SMILES string of the molecule is COC(=O)c1cc(-c2ccnn2C2CCCCO2)ccc1N[C@@H](C#N)[C@H](Cc1c[nH]c2ccccc12)NC(=O)OC(C)(C)C. The van der Waals surface area contributed by atoms with Gasteiger partial charge in [0, 0.05) is 41.2 Å². The number of anilines is 1. The number of aromatic amines is 1. The number of rotatable bonds is 9. The van der Waals surface area contributed by atoms with Gasteiger partial charge in [-0.2, -0.15) is 10.4 Å². The summed E-state index contributed by atoms with van der Waals surface area (Å²) in [5, 5.41) is 21.9. The van der Waals surface area contributed by atoms with Crippen LogP contribution in [0.3, 0.4) is 0 Å². The number of nitriles is 1. The van der Waals surface area contributed by atoms with Gasteiger partial charge < -0.3 is 29.8 Å². The fraction of sp³-hybridized carbons (Fsp3) is 0.394. The van der Waals surface area contributed by atoms with E-state index in [9.17, 15) is 14.9 Å². The van der Waals surface area contributed by atoms with Crippen molar-refractivity contribution >= 4 is 28.7 Å². The highest BCUT2D eigenvalue weighted by molar-refractivity contribution is 5.97. The number of hydrogen-bond donors (Lipinski definition) is 3. The summed E-state index contributed by atoms with van der Waals surface area (Å²) in [5.74, 6) is -0.570. The molecule has 230 valence electrons. The summed E-state index contributed by atoms with van der Waals surface area (Å²) < 4.78 is 18.4. The van der Waals surface area contributed by atoms with Crippen LogP contribution in [0.15, 0.2) is 60.9 Å². The molecule has 3 atom stereocenters. The molecule has 0 radical (unpaired) electrons. The van der Waals surface area contributed by atoms with Gasteiger partial charge in [0.05, 0.1) is 30.5 Å². The summed E-state index contributed by atoms with van der Waals surface area (Å²) in [4.78, 5) is 29.2. The van der Waals surface area contributed by atoms with Gasteiger partial charge in [-0.3, -0.25) is 0 Å². The minimum atomic E-state index is -0.938. The van der Waals surface area contributed by atoms with E-state index in [1.54, 1.807) is 39.1 Å². The van der Waals surface area contributed by atoms with Gasteiger partial charge >= 0.3 is 12.1 Å². The average molecular weight is 599 g/mol. The monoisotopic (exact) mass is 598 g/mol. The molecule has 0 bridgehead atoms. The van der Waals surface area contributed by atoms with Crippen molar-refractivity contribution in [1.82, 2.24) is 20.1 Å². The summed E-state index contributed by atoms with van der Waals surface area (Å²) in [7, 11) is 1.31. The molecule has 11 nitrogen and oxygen atoms in total. The molecule has 0 aliphatic carbocycles. The smallest absolute Gasteiger partial charge is 0.407 e. The minimum Gasteiger partial charge on any atom is -0.465 e. The van der Waals surface area contributed by atoms with E-state index in [-0.39, 0.29) is 11.8 Å². The van der Waals surface area contributed by atoms with Crippen molar-refractivity contribution in [3.05, 3.63) is 72.1 Å². The highest BCUT2D eigenvalue weighted by atomic mass is 16.6. The van der Waals surface area contributed by atoms with Crippen molar-refractivity contribution in [2.24, 2.45) is 0 Å². The van der Waals surface area contributed by atoms with Gasteiger partial charge in [-0.25, -0.2) is 14.3 Å². The summed E-state index contributed by atoms with van der Waals surface area (Å²) >= 11 is 0. The lowest BCUT2D eigenvalue weighted by molar-refractivity contribution is -0.0383. The molecule has 1 aliphatic heterocycles. The molecule has 1 saturated heterocycles. The summed E-state index contributed by atoms with van der Waals surface area (Å²) in [6, 6.07) is 15.6. The van der Waals surface area contributed by atoms with Crippen LogP contribution in [0.2, 0.25) is 0 Å². The van der Waals surface area contributed by atoms with E-state index >= 15 is 0 Å². The number of fused-ring (bicyclic) bond motifs is 1. The van der Waals surface area contributed by atoms with Crippen molar-refractivity contribution < 1.29 is 23.8 Å². The number of methoxy groups -OCH3 is 1. The Morgan fingerprint density at radius 1 is 1.20 bits per heavy atom. The van der Waals surface area contributed by atoms with Gasteiger partial charge in [0.2, 0.25) is 0 Å². The van der Waals surface area contributed by atoms with E-state index in [1.165, 1.54) is 7.11 Å². The maximum Gasteiger partial charge on any atom is 0.407 e. The van der Waals surface area contributed by atoms with Gasteiger partial charge in [0.25, 0.3) is 0 Å². The molecule has 44 heavy (non-hydrogen) atoms. The van der Waals surface area contributed by atoms with Crippen LogP contribution >= 0.6 is 0 Å². The van der Waals surface area contributed by atoms with E-state index in [1.807, 2.05) is 47.3 Å². The van der Waals surface area contributed by atoms with Crippen LogP contribution in [-0.4, -0.2) is 58.2 Å². The molecule has 5 rings (SSSR count). The molecule has 0 spiro atoms. The van der Waals surface area contributed by atoms with Crippen molar-refractivity contribution in [2.45, 2.75) is 70.4 Å². The zero-order valence-corrected chi connectivity index (χ0v) is 25.4. The van der Waals surface area contributed by atoms with Gasteiger partial charge in [-0.05, 0) is 76.3 Å². The van der Waals surface area contributed by atoms with E-state index in [0.29, 0.717) is 18.7 Å². The quantitative estimate of drug-likeness (QED) is 0.200. The van der Waals surface area contributed by atoms with E-state index in [2.05, 4.69) is 26.8 Å². The average Bonchev–Trinajstić information content (AvgIpc) is 3.67. The molecule has 1 aliphatic rings. The van der Waals surface area contributed by atoms with Crippen LogP contribution in [-0.2, 0) is 20.6 Å². The van der Waals surface area contributed by atoms with Crippen LogP contribution in [0.1, 0.15) is 62.2 Å². The first-order valence-corrected chi connectivity index (χ1v) is 14.8. The standard InChI is InChI=1S/C33H38N6O5/c1-33(2,3)44-32(41)38-27(18-22-20-35-25-10-6-5-9-23(22)25)28(19-34)37-26-13-12-21(17-24(26)31(40)42-4)29-14-15-36-39(29)30-11-7-8-16-43-30/h5-6,9-10,12-15,17,20,27-28,30,35,37H,7-8,11,16,18H2,1-4H3,(H,38,41)/t27-,28-,30?/m0/s1. The van der Waals surface area contributed by atoms with Crippen LogP contribution in [0, 0.1) is 11.3 Å². The van der Waals surface area contributed by atoms with Crippen molar-refractivity contribution in [1.29, 1.82) is 5.26 Å². The number of esters is 1. The predicted molar refractivity (Wildman–Crippen MR) is 166 cm³/mol. The predicted octanol–water partition coefficient (Wildman–Crippen LogP) is 5.96. The largest absolute Gasteiger partial charge is 0.465 e. The Morgan fingerprint density at radius 2 is 2.02 bits per heavy atom. The summed E-state index contributed by atoms with van der Waals surface area (Å²) in [6.45, 7) is 6.00. The minimum absolute atomic E-state index is 0.180. The zero-order chi connectivity index (χ0) is 31.3. The molecule has 1 fully saturated rings. The molecule has 4 aromatic rings. The number of benzene rings is 2. The van der Waals surface area contributed by atoms with Crippen LogP contribution < -0.4 is 10.6 Å². The Morgan fingerprint density at radius 3 is 2.75 bits per heavy atom. The van der Waals surface area contributed by atoms with Crippen molar-refractivity contribution in [3.8, 4) is 17.3 Å². The Kier molecular flexibility index (Phi) is 9.20. The number of aromatic nitrogens is 3. The maximum atomic E-state index is 13.0. The second kappa shape index (κ2) is 13.2. The number of alkyl carbamates (subject to hydrolysis) is 1. The third-order valence-corrected chi connectivity index (χ3v) is 7.49. The third-order valence-electron chi connectivity index (χ3n) is 7.49. The molecule has 2 aromatic heterocycles. The highest BCUT2D eigenvalue weighted by Gasteiger charge is 2.29. The number of ether oxygens (including phenoxy) is 3. The number of carbonyl (C=O) groups is 2. The lowest BCUT2D eigenvalue weighted by Crippen LogP contribution is -2.49. The van der Waals surface area contributed by atoms with Gasteiger partial charge in [0.15, 0.2) is 6.23 Å². The Hall–Kier alpha value is -4.82. The first-order chi connectivity index (χ1) is 21.2. The second-order valence-electron chi connectivity index (χ2n) is 11.8. The number of carbonyl (C=O) groups excluding carboxylic acids is 2. The first kappa shape index (κ1) is 30.6. The van der Waals surface area contributed by atoms with Crippen LogP contribution in [0.25, 0.3) is 22.2 Å². The van der Waals surface area contributed by atoms with Crippen molar-refractivity contribution in [2.75, 3.05) is 19.0 Å². The fourth-order valence-corrected chi connectivity index (χ4v) is 5.44. The maximum absolute atomic E-state index is 13.0. The molecule has 11 heteroatoms. The lowest BCUT2D eigenvalue weighted by Gasteiger charge is -2.28. The molecule has 1 unspecified atom stereocenters. The number of nitrogens with zero attached hydrogens (tertiary/aromatic N) is 3. The van der Waals surface area contributed by atoms with E-state index < -0.39 is 29.7 Å². The molecule has 3 heterocycles. The first-order valence-electron chi connectivity index (χ1n) is 14.8. The zero-order valence-electron chi connectivity index (χ0n) is 25.4. The summed E-state index contributed by atoms with van der Waals surface area (Å²) in [5.41, 5.74) is 3.32. The molecule has 0 saturated carbocycles. The normalized spacial score (nSPS) is 16.5. The second-order valence-corrected chi connectivity index (χ2v) is 11.8. The number of H-pyrrole nitrogens is 1. The van der Waals surface area contributed by atoms with Crippen LogP contribution in [0.4, 0.5) is 10.5 Å². The Balaban J connectivity index is 1.46. The van der Waals surface area contributed by atoms with Gasteiger partial charge in [-0.15, -0.1) is 0 Å². The highest BCUT2D eigenvalue weighted by Crippen LogP contribution is 2.31. The van der Waals surface area contributed by atoms with E-state index in [4.69, 9.17) is 14.2 Å². The number of hydrogen-bond acceptors (Lipinski definition) is 8. The number of para-hydroxylation sites is 1. The molecule has 1 amide bonds. The lowest BCUT2D eigenvalue weighted by atomic mass is 9.98. The third kappa shape index (κ3) is 7.03. The Labute approximate surface area is 256 Å². The molecular formula is C33H38N6O5. The number of amides is 1. The molecule has 2 aromatic carbocycles. The van der Waals surface area contributed by atoms with E-state index in [0.717, 1.165) is 47.0 Å². The topological polar surface area (TPSA) is 143 Å². The summed E-state index contributed by atoms with van der Waals surface area (Å²) in [6.07, 6.45) is 5.99. The Bertz CT molecular complexity index is 1660. The van der Waals surface area contributed by atoms with Crippen molar-refractivity contribution in [3.63, 3.8) is 0 Å². The number of nitrogens with one attached hydrogen (secondary N) is 3. The molecular weight excluding hydrogens is 560 g/mol. The van der Waals surface area contributed by atoms with Crippen LogP contribution in [0.5, 0.6) is 0 Å². The van der Waals surface area contributed by atoms with Gasteiger partial charge in [-0.1, -0.05) is 24.3 Å².